The molecule has 3 nitrogen and oxygen atoms in total. The summed E-state index contributed by atoms with van der Waals surface area (Å²) in [4.78, 5) is 0. The minimum Gasteiger partial charge on any atom is -0.472 e. The smallest absolute Gasteiger partial charge is 0.0935 e. The predicted octanol–water partition coefficient (Wildman–Crippen LogP) is 0.935. The lowest BCUT2D eigenvalue weighted by atomic mass is 9.89. The molecule has 0 aliphatic carbocycles. The molecule has 2 rings (SSSR count). The molecule has 2 atom stereocenters. The standard InChI is InChI=1S/C10H15NO2/c1-8-10(12,3-4-11-8)6-9-2-5-13-7-9/h2,5,7-8,11-12H,3-4,6H2,1H3. The van der Waals surface area contributed by atoms with E-state index < -0.39 is 5.60 Å². The molecule has 2 N–H and O–H groups in total. The quantitative estimate of drug-likeness (QED) is 0.713. The highest BCUT2D eigenvalue weighted by Gasteiger charge is 2.38. The summed E-state index contributed by atoms with van der Waals surface area (Å²) in [7, 11) is 0. The Bertz CT molecular complexity index is 270. The summed E-state index contributed by atoms with van der Waals surface area (Å²) < 4.78 is 4.97. The van der Waals surface area contributed by atoms with Gasteiger partial charge in [-0.25, -0.2) is 0 Å². The van der Waals surface area contributed by atoms with Crippen LogP contribution in [0, 0.1) is 0 Å². The number of aliphatic hydroxyl groups is 1. The van der Waals surface area contributed by atoms with Crippen molar-refractivity contribution in [1.29, 1.82) is 0 Å². The molecule has 0 aromatic carbocycles. The second-order valence-corrected chi connectivity index (χ2v) is 3.84. The van der Waals surface area contributed by atoms with Crippen LogP contribution in [0.4, 0.5) is 0 Å². The molecule has 3 heteroatoms. The van der Waals surface area contributed by atoms with Crippen LogP contribution in [-0.2, 0) is 6.42 Å². The van der Waals surface area contributed by atoms with Crippen molar-refractivity contribution >= 4 is 0 Å². The van der Waals surface area contributed by atoms with Gasteiger partial charge in [0.05, 0.1) is 18.1 Å². The third kappa shape index (κ3) is 1.62. The fraction of sp³-hybridized carbons (Fsp3) is 0.600. The topological polar surface area (TPSA) is 45.4 Å². The zero-order valence-electron chi connectivity index (χ0n) is 7.79. The van der Waals surface area contributed by atoms with Crippen LogP contribution in [0.3, 0.4) is 0 Å². The summed E-state index contributed by atoms with van der Waals surface area (Å²) in [5.74, 6) is 0. The van der Waals surface area contributed by atoms with E-state index in [0.29, 0.717) is 6.42 Å². The molecular formula is C10H15NO2. The van der Waals surface area contributed by atoms with Crippen LogP contribution in [0.1, 0.15) is 18.9 Å². The molecule has 1 aromatic heterocycles. The number of nitrogens with one attached hydrogen (secondary N) is 1. The molecule has 0 radical (unpaired) electrons. The molecule has 72 valence electrons. The first-order valence-corrected chi connectivity index (χ1v) is 4.67. The number of furan rings is 1. The van der Waals surface area contributed by atoms with Crippen LogP contribution in [-0.4, -0.2) is 23.3 Å². The summed E-state index contributed by atoms with van der Waals surface area (Å²) in [5.41, 5.74) is 0.474. The zero-order valence-corrected chi connectivity index (χ0v) is 7.79. The first-order valence-electron chi connectivity index (χ1n) is 4.67. The van der Waals surface area contributed by atoms with Crippen molar-refractivity contribution in [2.24, 2.45) is 0 Å². The van der Waals surface area contributed by atoms with Crippen molar-refractivity contribution in [3.05, 3.63) is 24.2 Å². The molecular weight excluding hydrogens is 166 g/mol. The third-order valence-corrected chi connectivity index (χ3v) is 2.90. The summed E-state index contributed by atoms with van der Waals surface area (Å²) in [6.07, 6.45) is 4.84. The Morgan fingerprint density at radius 3 is 3.15 bits per heavy atom. The Morgan fingerprint density at radius 2 is 2.62 bits per heavy atom. The van der Waals surface area contributed by atoms with Gasteiger partial charge in [0.1, 0.15) is 0 Å². The summed E-state index contributed by atoms with van der Waals surface area (Å²) >= 11 is 0. The molecule has 13 heavy (non-hydrogen) atoms. The normalized spacial score (nSPS) is 33.8. The van der Waals surface area contributed by atoms with Gasteiger partial charge in [-0.2, -0.15) is 0 Å². The zero-order chi connectivity index (χ0) is 9.31. The van der Waals surface area contributed by atoms with Gasteiger partial charge in [-0.1, -0.05) is 0 Å². The van der Waals surface area contributed by atoms with Gasteiger partial charge >= 0.3 is 0 Å². The SMILES string of the molecule is CC1NCCC1(O)Cc1ccoc1. The molecule has 2 unspecified atom stereocenters. The molecule has 0 saturated carbocycles. The van der Waals surface area contributed by atoms with E-state index in [1.54, 1.807) is 12.5 Å². The number of rotatable bonds is 2. The fourth-order valence-corrected chi connectivity index (χ4v) is 1.90. The van der Waals surface area contributed by atoms with E-state index >= 15 is 0 Å². The lowest BCUT2D eigenvalue weighted by Gasteiger charge is -2.26. The Labute approximate surface area is 77.8 Å². The van der Waals surface area contributed by atoms with Crippen LogP contribution in [0.2, 0.25) is 0 Å². The van der Waals surface area contributed by atoms with E-state index in [1.807, 2.05) is 13.0 Å². The minimum atomic E-state index is -0.593. The number of hydrogen-bond donors (Lipinski definition) is 2. The lowest BCUT2D eigenvalue weighted by Crippen LogP contribution is -2.42. The van der Waals surface area contributed by atoms with Gasteiger partial charge < -0.3 is 14.8 Å². The van der Waals surface area contributed by atoms with E-state index in [9.17, 15) is 5.11 Å². The van der Waals surface area contributed by atoms with Gasteiger partial charge in [-0.15, -0.1) is 0 Å². The van der Waals surface area contributed by atoms with Crippen LogP contribution in [0.25, 0.3) is 0 Å². The molecule has 0 spiro atoms. The molecule has 2 heterocycles. The molecule has 0 bridgehead atoms. The Morgan fingerprint density at radius 1 is 1.77 bits per heavy atom. The van der Waals surface area contributed by atoms with E-state index in [1.165, 1.54) is 0 Å². The first kappa shape index (κ1) is 8.78. The number of hydrogen-bond acceptors (Lipinski definition) is 3. The molecule has 1 aliphatic heterocycles. The van der Waals surface area contributed by atoms with Crippen molar-refractivity contribution in [3.63, 3.8) is 0 Å². The van der Waals surface area contributed by atoms with E-state index in [4.69, 9.17) is 4.42 Å². The van der Waals surface area contributed by atoms with Gasteiger partial charge in [0.25, 0.3) is 0 Å². The maximum Gasteiger partial charge on any atom is 0.0935 e. The molecule has 0 amide bonds. The molecule has 1 aromatic rings. The van der Waals surface area contributed by atoms with Crippen LogP contribution in [0.15, 0.2) is 23.0 Å². The molecule has 1 aliphatic rings. The van der Waals surface area contributed by atoms with E-state index in [0.717, 1.165) is 18.5 Å². The molecule has 1 fully saturated rings. The maximum absolute atomic E-state index is 10.2. The second-order valence-electron chi connectivity index (χ2n) is 3.84. The van der Waals surface area contributed by atoms with Crippen molar-refractivity contribution in [3.8, 4) is 0 Å². The van der Waals surface area contributed by atoms with Gasteiger partial charge in [0, 0.05) is 12.5 Å². The monoisotopic (exact) mass is 181 g/mol. The largest absolute Gasteiger partial charge is 0.472 e. The predicted molar refractivity (Wildman–Crippen MR) is 49.4 cm³/mol. The van der Waals surface area contributed by atoms with Crippen molar-refractivity contribution in [2.45, 2.75) is 31.4 Å². The van der Waals surface area contributed by atoms with Gasteiger partial charge in [0.2, 0.25) is 0 Å². The Balaban J connectivity index is 2.08. The second kappa shape index (κ2) is 3.16. The summed E-state index contributed by atoms with van der Waals surface area (Å²) in [6, 6.07) is 2.07. The highest BCUT2D eigenvalue weighted by atomic mass is 16.3. The lowest BCUT2D eigenvalue weighted by molar-refractivity contribution is 0.0334. The highest BCUT2D eigenvalue weighted by Crippen LogP contribution is 2.25. The van der Waals surface area contributed by atoms with Crippen LogP contribution >= 0.6 is 0 Å². The van der Waals surface area contributed by atoms with Crippen molar-refractivity contribution in [1.82, 2.24) is 5.32 Å². The summed E-state index contributed by atoms with van der Waals surface area (Å²) in [5, 5.41) is 13.5. The fourth-order valence-electron chi connectivity index (χ4n) is 1.90. The average Bonchev–Trinajstić information content (AvgIpc) is 2.65. The van der Waals surface area contributed by atoms with Gasteiger partial charge in [-0.3, -0.25) is 0 Å². The van der Waals surface area contributed by atoms with Crippen LogP contribution < -0.4 is 5.32 Å². The maximum atomic E-state index is 10.2. The Kier molecular flexibility index (Phi) is 2.14. The van der Waals surface area contributed by atoms with Gasteiger partial charge in [0.15, 0.2) is 0 Å². The highest BCUT2D eigenvalue weighted by molar-refractivity contribution is 5.12. The average molecular weight is 181 g/mol. The van der Waals surface area contributed by atoms with Gasteiger partial charge in [-0.05, 0) is 31.5 Å². The third-order valence-electron chi connectivity index (χ3n) is 2.90. The Hall–Kier alpha value is -0.800. The first-order chi connectivity index (χ1) is 6.21. The minimum absolute atomic E-state index is 0.169. The van der Waals surface area contributed by atoms with Crippen molar-refractivity contribution < 1.29 is 9.52 Å². The summed E-state index contributed by atoms with van der Waals surface area (Å²) in [6.45, 7) is 2.92. The van der Waals surface area contributed by atoms with Crippen molar-refractivity contribution in [2.75, 3.05) is 6.54 Å². The van der Waals surface area contributed by atoms with Crippen LogP contribution in [0.5, 0.6) is 0 Å². The van der Waals surface area contributed by atoms with E-state index in [2.05, 4.69) is 5.32 Å². The molecule has 1 saturated heterocycles. The van der Waals surface area contributed by atoms with E-state index in [-0.39, 0.29) is 6.04 Å².